The van der Waals surface area contributed by atoms with Gasteiger partial charge in [0.2, 0.25) is 3.79 Å². The van der Waals surface area contributed by atoms with E-state index in [0.717, 1.165) is 10.8 Å². The molecule has 3 nitrogen and oxygen atoms in total. The summed E-state index contributed by atoms with van der Waals surface area (Å²) in [6.45, 7) is -0.295. The van der Waals surface area contributed by atoms with Crippen molar-refractivity contribution in [3.8, 4) is 0 Å². The molecule has 0 spiro atoms. The Morgan fingerprint density at radius 3 is 2.50 bits per heavy atom. The molecular formula is C12H9Cl3NO2+. The molecule has 0 amide bonds. The number of ether oxygens (including phenoxy) is 1. The normalized spacial score (nSPS) is 11.5. The van der Waals surface area contributed by atoms with Crippen molar-refractivity contribution < 1.29 is 14.1 Å². The lowest BCUT2D eigenvalue weighted by Gasteiger charge is -2.08. The highest BCUT2D eigenvalue weighted by Gasteiger charge is 2.26. The van der Waals surface area contributed by atoms with Crippen molar-refractivity contribution >= 4 is 51.7 Å². The molecule has 1 aromatic heterocycles. The first kappa shape index (κ1) is 13.4. The summed E-state index contributed by atoms with van der Waals surface area (Å²) in [5.74, 6) is 0. The zero-order chi connectivity index (χ0) is 13.2. The maximum Gasteiger partial charge on any atom is 0.602 e. The summed E-state index contributed by atoms with van der Waals surface area (Å²) < 4.78 is 4.57. The Kier molecular flexibility index (Phi) is 3.95. The van der Waals surface area contributed by atoms with Gasteiger partial charge in [-0.2, -0.15) is 4.79 Å². The van der Waals surface area contributed by atoms with Crippen molar-refractivity contribution in [2.45, 2.75) is 3.79 Å². The maximum absolute atomic E-state index is 11.7. The number of alkyl halides is 3. The third-order valence-corrected chi connectivity index (χ3v) is 2.59. The minimum absolute atomic E-state index is 0.295. The summed E-state index contributed by atoms with van der Waals surface area (Å²) >= 11 is 16.5. The van der Waals surface area contributed by atoms with E-state index >= 15 is 0 Å². The number of aromatic nitrogens is 1. The highest BCUT2D eigenvalue weighted by atomic mass is 35.6. The van der Waals surface area contributed by atoms with Gasteiger partial charge in [0.1, 0.15) is 6.61 Å². The van der Waals surface area contributed by atoms with E-state index in [9.17, 15) is 4.79 Å². The molecule has 18 heavy (non-hydrogen) atoms. The van der Waals surface area contributed by atoms with Crippen molar-refractivity contribution in [3.63, 3.8) is 0 Å². The van der Waals surface area contributed by atoms with Crippen LogP contribution in [0, 0.1) is 0 Å². The van der Waals surface area contributed by atoms with E-state index in [4.69, 9.17) is 39.5 Å². The Labute approximate surface area is 119 Å². The predicted octanol–water partition coefficient (Wildman–Crippen LogP) is 3.48. The number of hydrogen-bond donors (Lipinski definition) is 0. The van der Waals surface area contributed by atoms with E-state index in [2.05, 4.69) is 0 Å². The molecule has 0 atom stereocenters. The molecule has 6 heteroatoms. The van der Waals surface area contributed by atoms with Gasteiger partial charge in [0.15, 0.2) is 12.4 Å². The number of hydrogen-bond acceptors (Lipinski definition) is 2. The highest BCUT2D eigenvalue weighted by Crippen LogP contribution is 2.25. The Morgan fingerprint density at radius 1 is 1.17 bits per heavy atom. The summed E-state index contributed by atoms with van der Waals surface area (Å²) in [5, 5.41) is 1.95. The van der Waals surface area contributed by atoms with Gasteiger partial charge in [-0.3, -0.25) is 0 Å². The zero-order valence-corrected chi connectivity index (χ0v) is 11.4. The number of benzene rings is 1. The van der Waals surface area contributed by atoms with E-state index in [-0.39, 0.29) is 6.61 Å². The molecule has 1 heterocycles. The van der Waals surface area contributed by atoms with E-state index in [1.54, 1.807) is 12.4 Å². The topological polar surface area (TPSA) is 30.2 Å². The fourth-order valence-electron chi connectivity index (χ4n) is 1.47. The van der Waals surface area contributed by atoms with E-state index in [0.29, 0.717) is 0 Å². The summed E-state index contributed by atoms with van der Waals surface area (Å²) in [7, 11) is 0. The first-order chi connectivity index (χ1) is 8.46. The molecule has 0 aliphatic rings. The second-order valence-electron chi connectivity index (χ2n) is 3.65. The number of fused-ring (bicyclic) bond motifs is 1. The maximum atomic E-state index is 11.7. The third kappa shape index (κ3) is 3.48. The molecule has 2 rings (SSSR count). The zero-order valence-electron chi connectivity index (χ0n) is 9.15. The molecule has 0 radical (unpaired) electrons. The van der Waals surface area contributed by atoms with Gasteiger partial charge in [-0.1, -0.05) is 57.6 Å². The van der Waals surface area contributed by atoms with Crippen LogP contribution in [-0.2, 0) is 4.74 Å². The first-order valence-corrected chi connectivity index (χ1v) is 6.23. The molecule has 0 saturated heterocycles. The van der Waals surface area contributed by atoms with Crippen molar-refractivity contribution in [2.24, 2.45) is 0 Å². The van der Waals surface area contributed by atoms with Crippen LogP contribution in [-0.4, -0.2) is 16.5 Å². The second kappa shape index (κ2) is 5.31. The van der Waals surface area contributed by atoms with Crippen LogP contribution in [0.5, 0.6) is 0 Å². The molecule has 0 saturated carbocycles. The molecule has 2 aromatic rings. The number of nitrogens with zero attached hydrogens (tertiary/aromatic N) is 1. The van der Waals surface area contributed by atoms with Crippen molar-refractivity contribution in [1.29, 1.82) is 0 Å². The number of carbonyl (C=O) groups excluding carboxylic acids is 1. The largest absolute Gasteiger partial charge is 0.602 e. The van der Waals surface area contributed by atoms with Crippen molar-refractivity contribution in [3.05, 3.63) is 42.7 Å². The molecule has 1 aromatic carbocycles. The Hall–Kier alpha value is -1.03. The van der Waals surface area contributed by atoms with Gasteiger partial charge in [0, 0.05) is 11.5 Å². The van der Waals surface area contributed by atoms with Crippen LogP contribution in [0.3, 0.4) is 0 Å². The number of rotatable bonds is 1. The van der Waals surface area contributed by atoms with Crippen LogP contribution in [0.25, 0.3) is 10.8 Å². The van der Waals surface area contributed by atoms with Crippen LogP contribution in [0.4, 0.5) is 4.79 Å². The quantitative estimate of drug-likeness (QED) is 0.596. The predicted molar refractivity (Wildman–Crippen MR) is 71.2 cm³/mol. The summed E-state index contributed by atoms with van der Waals surface area (Å²) in [5.41, 5.74) is 0. The van der Waals surface area contributed by atoms with Gasteiger partial charge in [-0.25, -0.2) is 0 Å². The Morgan fingerprint density at radius 2 is 1.83 bits per heavy atom. The lowest BCUT2D eigenvalue weighted by molar-refractivity contribution is -0.584. The van der Waals surface area contributed by atoms with Crippen LogP contribution in [0.2, 0.25) is 0 Å². The van der Waals surface area contributed by atoms with Crippen LogP contribution in [0.1, 0.15) is 0 Å². The van der Waals surface area contributed by atoms with Crippen LogP contribution < -0.4 is 4.57 Å². The van der Waals surface area contributed by atoms with Crippen LogP contribution >= 0.6 is 34.8 Å². The minimum atomic E-state index is -1.60. The molecule has 0 bridgehead atoms. The summed E-state index contributed by atoms with van der Waals surface area (Å²) in [6.07, 6.45) is 2.67. The SMILES string of the molecule is O=C(OCC(Cl)(Cl)Cl)[n+]1ccc2ccccc2c1. The second-order valence-corrected chi connectivity index (χ2v) is 6.17. The van der Waals surface area contributed by atoms with Gasteiger partial charge in [-0.05, 0) is 11.5 Å². The standard InChI is InChI=1S/C12H9Cl3NO2/c13-12(14,15)8-18-11(17)16-6-5-9-3-1-2-4-10(9)7-16/h1-7H,8H2/q+1. The molecule has 94 valence electrons. The number of carbonyl (C=O) groups is 1. The van der Waals surface area contributed by atoms with Crippen molar-refractivity contribution in [2.75, 3.05) is 6.61 Å². The lowest BCUT2D eigenvalue weighted by atomic mass is 10.2. The fraction of sp³-hybridized carbons (Fsp3) is 0.167. The monoisotopic (exact) mass is 304 g/mol. The van der Waals surface area contributed by atoms with Gasteiger partial charge < -0.3 is 4.74 Å². The molecule has 0 unspecified atom stereocenters. The van der Waals surface area contributed by atoms with Gasteiger partial charge in [0.25, 0.3) is 0 Å². The molecule has 0 N–H and O–H groups in total. The van der Waals surface area contributed by atoms with Crippen molar-refractivity contribution in [1.82, 2.24) is 0 Å². The summed E-state index contributed by atoms with van der Waals surface area (Å²) in [6, 6.07) is 9.47. The first-order valence-electron chi connectivity index (χ1n) is 5.10. The molecule has 0 fully saturated rings. The van der Waals surface area contributed by atoms with E-state index in [1.807, 2.05) is 30.3 Å². The third-order valence-electron chi connectivity index (χ3n) is 2.26. The van der Waals surface area contributed by atoms with Gasteiger partial charge >= 0.3 is 6.09 Å². The summed E-state index contributed by atoms with van der Waals surface area (Å²) in [4.78, 5) is 11.7. The fourth-order valence-corrected chi connectivity index (χ4v) is 1.63. The molecule has 0 aliphatic carbocycles. The molecular weight excluding hydrogens is 296 g/mol. The Bertz CT molecular complexity index is 581. The highest BCUT2D eigenvalue weighted by molar-refractivity contribution is 6.67. The van der Waals surface area contributed by atoms with Crippen LogP contribution in [0.15, 0.2) is 42.7 Å². The minimum Gasteiger partial charge on any atom is -0.407 e. The Balaban J connectivity index is 2.18. The van der Waals surface area contributed by atoms with E-state index < -0.39 is 9.89 Å². The average molecular weight is 306 g/mol. The number of pyridine rings is 1. The van der Waals surface area contributed by atoms with E-state index in [1.165, 1.54) is 4.57 Å². The number of halogens is 3. The van der Waals surface area contributed by atoms with Gasteiger partial charge in [0.05, 0.1) is 0 Å². The molecule has 0 aliphatic heterocycles. The van der Waals surface area contributed by atoms with Gasteiger partial charge in [-0.15, -0.1) is 0 Å². The smallest absolute Gasteiger partial charge is 0.407 e. The lowest BCUT2D eigenvalue weighted by Crippen LogP contribution is -2.43. The average Bonchev–Trinajstić information content (AvgIpc) is 2.34.